The third-order valence-electron chi connectivity index (χ3n) is 2.08. The number of ether oxygens (including phenoxy) is 1. The van der Waals surface area contributed by atoms with Crippen molar-refractivity contribution in [3.05, 3.63) is 40.4 Å². The van der Waals surface area contributed by atoms with Crippen LogP contribution in [0.4, 0.5) is 13.2 Å². The quantitative estimate of drug-likeness (QED) is 0.669. The molecule has 0 saturated carbocycles. The molecule has 3 nitrogen and oxygen atoms in total. The number of halogens is 4. The average Bonchev–Trinajstić information content (AvgIpc) is 2.26. The predicted octanol–water partition coefficient (Wildman–Crippen LogP) is 2.83. The second kappa shape index (κ2) is 5.30. The van der Waals surface area contributed by atoms with E-state index in [0.29, 0.717) is 0 Å². The zero-order valence-corrected chi connectivity index (χ0v) is 9.97. The molecule has 0 radical (unpaired) electrons. The number of carbonyl (C=O) groups is 1. The van der Waals surface area contributed by atoms with Crippen LogP contribution in [0.25, 0.3) is 5.70 Å². The molecule has 0 atom stereocenters. The van der Waals surface area contributed by atoms with Crippen molar-refractivity contribution in [1.82, 2.24) is 0 Å². The maximum Gasteiger partial charge on any atom is 0.417 e. The van der Waals surface area contributed by atoms with Gasteiger partial charge in [0.1, 0.15) is 0 Å². The Kier molecular flexibility index (Phi) is 4.24. The number of hydrogen-bond donors (Lipinski definition) is 1. The second-order valence-corrected chi connectivity index (χ2v) is 3.72. The van der Waals surface area contributed by atoms with Crippen LogP contribution in [0.5, 0.6) is 0 Å². The summed E-state index contributed by atoms with van der Waals surface area (Å²) in [5.74, 6) is -0.705. The molecule has 0 bridgehead atoms. The molecule has 1 rings (SSSR count). The van der Waals surface area contributed by atoms with E-state index in [1.165, 1.54) is 0 Å². The maximum absolute atomic E-state index is 12.4. The predicted molar refractivity (Wildman–Crippen MR) is 60.6 cm³/mol. The van der Waals surface area contributed by atoms with Gasteiger partial charge in [0.25, 0.3) is 0 Å². The minimum atomic E-state index is -4.53. The van der Waals surface area contributed by atoms with E-state index < -0.39 is 22.7 Å². The summed E-state index contributed by atoms with van der Waals surface area (Å²) in [6, 6.07) is 2.97. The number of benzene rings is 1. The Morgan fingerprint density at radius 2 is 2.06 bits per heavy atom. The Labute approximate surface area is 106 Å². The molecule has 98 valence electrons. The summed E-state index contributed by atoms with van der Waals surface area (Å²) in [6.07, 6.45) is -3.57. The third kappa shape index (κ3) is 3.40. The van der Waals surface area contributed by atoms with Crippen LogP contribution in [-0.2, 0) is 15.7 Å². The van der Waals surface area contributed by atoms with E-state index in [9.17, 15) is 18.0 Å². The molecule has 0 aliphatic carbocycles. The van der Waals surface area contributed by atoms with Crippen LogP contribution in [0.2, 0.25) is 5.02 Å². The van der Waals surface area contributed by atoms with Crippen molar-refractivity contribution >= 4 is 23.3 Å². The van der Waals surface area contributed by atoms with Crippen molar-refractivity contribution in [3.63, 3.8) is 0 Å². The smallest absolute Gasteiger partial charge is 0.417 e. The molecule has 0 aliphatic rings. The first kappa shape index (κ1) is 14.4. The van der Waals surface area contributed by atoms with Crippen LogP contribution in [0.1, 0.15) is 11.1 Å². The van der Waals surface area contributed by atoms with Crippen molar-refractivity contribution in [2.24, 2.45) is 5.73 Å². The molecule has 0 spiro atoms. The molecule has 0 unspecified atom stereocenters. The minimum absolute atomic E-state index is 0.0301. The van der Waals surface area contributed by atoms with Crippen LogP contribution in [0, 0.1) is 0 Å². The van der Waals surface area contributed by atoms with Gasteiger partial charge in [-0.15, -0.1) is 0 Å². The zero-order valence-electron chi connectivity index (χ0n) is 9.22. The van der Waals surface area contributed by atoms with Crippen LogP contribution in [0.3, 0.4) is 0 Å². The van der Waals surface area contributed by atoms with Gasteiger partial charge in [-0.05, 0) is 17.7 Å². The standard InChI is InChI=1S/C11H9ClF3NO2/c1-18-10(17)5-9(16)6-2-3-7(8(12)4-6)11(13,14)15/h2-5H,16H2,1H3/b9-5-. The number of alkyl halides is 3. The molecule has 7 heteroatoms. The van der Waals surface area contributed by atoms with E-state index >= 15 is 0 Å². The van der Waals surface area contributed by atoms with E-state index in [4.69, 9.17) is 17.3 Å². The first-order valence-corrected chi connectivity index (χ1v) is 5.05. The lowest BCUT2D eigenvalue weighted by atomic mass is 10.1. The SMILES string of the molecule is COC(=O)/C=C(\N)c1ccc(C(F)(F)F)c(Cl)c1. The molecule has 0 aliphatic heterocycles. The molecule has 1 aromatic rings. The molecular weight excluding hydrogens is 271 g/mol. The third-order valence-corrected chi connectivity index (χ3v) is 2.40. The molecule has 0 saturated heterocycles. The van der Waals surface area contributed by atoms with Gasteiger partial charge in [0, 0.05) is 11.8 Å². The van der Waals surface area contributed by atoms with Crippen molar-refractivity contribution in [2.45, 2.75) is 6.18 Å². The fourth-order valence-corrected chi connectivity index (χ4v) is 1.48. The number of esters is 1. The first-order valence-electron chi connectivity index (χ1n) is 4.68. The van der Waals surface area contributed by atoms with Crippen LogP contribution in [-0.4, -0.2) is 13.1 Å². The highest BCUT2D eigenvalue weighted by Crippen LogP contribution is 2.35. The van der Waals surface area contributed by atoms with E-state index in [2.05, 4.69) is 4.74 Å². The Bertz CT molecular complexity index is 498. The highest BCUT2D eigenvalue weighted by atomic mass is 35.5. The largest absolute Gasteiger partial charge is 0.466 e. The van der Waals surface area contributed by atoms with Crippen LogP contribution >= 0.6 is 11.6 Å². The Balaban J connectivity index is 3.13. The number of hydrogen-bond acceptors (Lipinski definition) is 3. The van der Waals surface area contributed by atoms with Gasteiger partial charge < -0.3 is 10.5 Å². The summed E-state index contributed by atoms with van der Waals surface area (Å²) >= 11 is 5.51. The fourth-order valence-electron chi connectivity index (χ4n) is 1.19. The number of carbonyl (C=O) groups excluding carboxylic acids is 1. The van der Waals surface area contributed by atoms with Crippen molar-refractivity contribution in [3.8, 4) is 0 Å². The molecule has 0 heterocycles. The van der Waals surface area contributed by atoms with E-state index in [1.807, 2.05) is 0 Å². The molecule has 0 amide bonds. The first-order chi connectivity index (χ1) is 8.25. The van der Waals surface area contributed by atoms with Crippen molar-refractivity contribution < 1.29 is 22.7 Å². The van der Waals surface area contributed by atoms with Gasteiger partial charge in [0.15, 0.2) is 0 Å². The van der Waals surface area contributed by atoms with Crippen LogP contribution in [0.15, 0.2) is 24.3 Å². The topological polar surface area (TPSA) is 52.3 Å². The molecule has 0 fully saturated rings. The maximum atomic E-state index is 12.4. The van der Waals surface area contributed by atoms with Crippen LogP contribution < -0.4 is 5.73 Å². The molecular formula is C11H9ClF3NO2. The van der Waals surface area contributed by atoms with Gasteiger partial charge in [-0.1, -0.05) is 17.7 Å². The van der Waals surface area contributed by atoms with Gasteiger partial charge >= 0.3 is 12.1 Å². The highest BCUT2D eigenvalue weighted by Gasteiger charge is 2.33. The van der Waals surface area contributed by atoms with Gasteiger partial charge in [-0.25, -0.2) is 4.79 Å². The molecule has 18 heavy (non-hydrogen) atoms. The lowest BCUT2D eigenvalue weighted by Gasteiger charge is -2.10. The Morgan fingerprint density at radius 3 is 2.50 bits per heavy atom. The fraction of sp³-hybridized carbons (Fsp3) is 0.182. The summed E-state index contributed by atoms with van der Waals surface area (Å²) in [7, 11) is 1.16. The van der Waals surface area contributed by atoms with Gasteiger partial charge in [-0.3, -0.25) is 0 Å². The van der Waals surface area contributed by atoms with E-state index in [0.717, 1.165) is 31.4 Å². The Morgan fingerprint density at radius 1 is 1.44 bits per heavy atom. The Hall–Kier alpha value is -1.69. The summed E-state index contributed by atoms with van der Waals surface area (Å²) in [4.78, 5) is 10.9. The number of methoxy groups -OCH3 is 1. The van der Waals surface area contributed by atoms with Crippen molar-refractivity contribution in [1.29, 1.82) is 0 Å². The highest BCUT2D eigenvalue weighted by molar-refractivity contribution is 6.31. The lowest BCUT2D eigenvalue weighted by molar-refractivity contribution is -0.137. The average molecular weight is 280 g/mol. The van der Waals surface area contributed by atoms with Gasteiger partial charge in [-0.2, -0.15) is 13.2 Å². The lowest BCUT2D eigenvalue weighted by Crippen LogP contribution is -2.07. The minimum Gasteiger partial charge on any atom is -0.466 e. The summed E-state index contributed by atoms with van der Waals surface area (Å²) in [5.41, 5.74) is 4.74. The molecule has 1 aromatic carbocycles. The summed E-state index contributed by atoms with van der Waals surface area (Å²) in [6.45, 7) is 0. The monoisotopic (exact) mass is 279 g/mol. The zero-order chi connectivity index (χ0) is 13.9. The van der Waals surface area contributed by atoms with Crippen molar-refractivity contribution in [2.75, 3.05) is 7.11 Å². The number of nitrogens with two attached hydrogens (primary N) is 1. The molecule has 0 aromatic heterocycles. The van der Waals surface area contributed by atoms with Gasteiger partial charge in [0.05, 0.1) is 17.7 Å². The molecule has 2 N–H and O–H groups in total. The van der Waals surface area contributed by atoms with Gasteiger partial charge in [0.2, 0.25) is 0 Å². The van der Waals surface area contributed by atoms with E-state index in [1.54, 1.807) is 0 Å². The second-order valence-electron chi connectivity index (χ2n) is 3.32. The number of rotatable bonds is 2. The van der Waals surface area contributed by atoms with E-state index in [-0.39, 0.29) is 11.3 Å². The summed E-state index contributed by atoms with van der Waals surface area (Å²) in [5, 5.41) is -0.485. The summed E-state index contributed by atoms with van der Waals surface area (Å²) < 4.78 is 41.7. The normalized spacial score (nSPS) is 12.4.